The Morgan fingerprint density at radius 3 is 1.75 bits per heavy atom. The molecular weight excluding hydrogens is 576 g/mol. The molecule has 44 heavy (non-hydrogen) atoms. The molecule has 0 aliphatic heterocycles. The van der Waals surface area contributed by atoms with Gasteiger partial charge in [-0.3, -0.25) is 4.79 Å². The molecule has 0 fully saturated rings. The number of rotatable bonds is 11. The van der Waals surface area contributed by atoms with Gasteiger partial charge >= 0.3 is 23.9 Å². The van der Waals surface area contributed by atoms with Gasteiger partial charge in [0, 0.05) is 0 Å². The fourth-order valence-electron chi connectivity index (χ4n) is 4.41. The maximum atomic E-state index is 13.0. The van der Waals surface area contributed by atoms with Crippen molar-refractivity contribution in [3.8, 4) is 23.0 Å². The van der Waals surface area contributed by atoms with Crippen molar-refractivity contribution < 1.29 is 58.9 Å². The molecular formula is C32H26O12. The minimum atomic E-state index is -1.41. The molecule has 4 N–H and O–H groups in total. The Morgan fingerprint density at radius 1 is 0.682 bits per heavy atom. The monoisotopic (exact) mass is 602 g/mol. The Kier molecular flexibility index (Phi) is 9.15. The second-order valence-electron chi connectivity index (χ2n) is 9.58. The highest BCUT2D eigenvalue weighted by molar-refractivity contribution is 6.03. The van der Waals surface area contributed by atoms with E-state index in [4.69, 9.17) is 19.2 Å². The summed E-state index contributed by atoms with van der Waals surface area (Å²) in [4.78, 5) is 59.1. The molecule has 0 aromatic heterocycles. The summed E-state index contributed by atoms with van der Waals surface area (Å²) >= 11 is 0. The fourth-order valence-corrected chi connectivity index (χ4v) is 4.41. The summed E-state index contributed by atoms with van der Waals surface area (Å²) in [5.41, 5.74) is -0.842. The van der Waals surface area contributed by atoms with E-state index in [9.17, 15) is 39.6 Å². The van der Waals surface area contributed by atoms with Crippen LogP contribution in [-0.2, 0) is 26.4 Å². The Balaban J connectivity index is 1.49. The number of aromatic carboxylic acids is 2. The predicted octanol–water partition coefficient (Wildman–Crippen LogP) is 4.70. The smallest absolute Gasteiger partial charge is 0.344 e. The zero-order chi connectivity index (χ0) is 32.0. The van der Waals surface area contributed by atoms with Crippen LogP contribution in [0.25, 0.3) is 0 Å². The number of benzene rings is 4. The van der Waals surface area contributed by atoms with Crippen molar-refractivity contribution in [2.75, 3.05) is 7.11 Å². The predicted molar refractivity (Wildman–Crippen MR) is 152 cm³/mol. The van der Waals surface area contributed by atoms with Crippen LogP contribution in [0.3, 0.4) is 0 Å². The number of hydrogen-bond donors (Lipinski definition) is 4. The lowest BCUT2D eigenvalue weighted by molar-refractivity contribution is -0.217. The summed E-state index contributed by atoms with van der Waals surface area (Å²) in [5, 5.41) is 37.8. The summed E-state index contributed by atoms with van der Waals surface area (Å²) in [6.07, 6.45) is 0. The minimum Gasteiger partial charge on any atom is -0.508 e. The summed E-state index contributed by atoms with van der Waals surface area (Å²) < 4.78 is 10.4. The van der Waals surface area contributed by atoms with Crippen LogP contribution in [0.15, 0.2) is 84.9 Å². The Morgan fingerprint density at radius 2 is 1.20 bits per heavy atom. The van der Waals surface area contributed by atoms with E-state index in [1.165, 1.54) is 37.4 Å². The van der Waals surface area contributed by atoms with Crippen LogP contribution in [0, 0.1) is 0 Å². The first kappa shape index (κ1) is 31.1. The van der Waals surface area contributed by atoms with Gasteiger partial charge in [-0.1, -0.05) is 30.3 Å². The SMILES string of the molecule is COC(=O)C(C)(c1ccc(OOCc2ccc(O)cc2C(=O)O)cc1)c1ccc(OC(=O)c2ccc(O)cc2C(=O)O)cc1. The largest absolute Gasteiger partial charge is 0.508 e. The molecule has 4 aromatic rings. The van der Waals surface area contributed by atoms with Crippen molar-refractivity contribution in [3.05, 3.63) is 118 Å². The normalized spacial score (nSPS) is 12.0. The van der Waals surface area contributed by atoms with Crippen molar-refractivity contribution in [3.63, 3.8) is 0 Å². The van der Waals surface area contributed by atoms with Crippen LogP contribution >= 0.6 is 0 Å². The molecule has 0 bridgehead atoms. The first-order valence-electron chi connectivity index (χ1n) is 12.9. The molecule has 0 radical (unpaired) electrons. The van der Waals surface area contributed by atoms with E-state index in [1.54, 1.807) is 43.3 Å². The average Bonchev–Trinajstić information content (AvgIpc) is 3.01. The molecule has 0 aliphatic carbocycles. The van der Waals surface area contributed by atoms with Gasteiger partial charge in [0.05, 0.1) is 23.8 Å². The van der Waals surface area contributed by atoms with E-state index in [0.717, 1.165) is 18.2 Å². The molecule has 1 atom stereocenters. The molecule has 4 rings (SSSR count). The number of hydrogen-bond acceptors (Lipinski definition) is 10. The summed E-state index contributed by atoms with van der Waals surface area (Å²) in [6, 6.07) is 19.4. The highest BCUT2D eigenvalue weighted by Crippen LogP contribution is 2.35. The van der Waals surface area contributed by atoms with Crippen LogP contribution in [-0.4, -0.2) is 51.4 Å². The Hall–Kier alpha value is -5.88. The van der Waals surface area contributed by atoms with Crippen LogP contribution in [0.1, 0.15) is 54.7 Å². The molecule has 1 unspecified atom stereocenters. The fraction of sp³-hybridized carbons (Fsp3) is 0.125. The van der Waals surface area contributed by atoms with Gasteiger partial charge in [0.2, 0.25) is 0 Å². The van der Waals surface area contributed by atoms with Gasteiger partial charge in [0.1, 0.15) is 29.3 Å². The Labute approximate surface area is 250 Å². The third-order valence-electron chi connectivity index (χ3n) is 6.81. The van der Waals surface area contributed by atoms with Crippen molar-refractivity contribution in [1.82, 2.24) is 0 Å². The molecule has 0 aliphatic rings. The van der Waals surface area contributed by atoms with E-state index in [0.29, 0.717) is 11.1 Å². The van der Waals surface area contributed by atoms with Gasteiger partial charge in [-0.05, 0) is 78.2 Å². The number of phenolic OH excluding ortho intramolecular Hbond substituents is 2. The minimum absolute atomic E-state index is 0.0796. The second kappa shape index (κ2) is 13.0. The molecule has 12 heteroatoms. The molecule has 4 aromatic carbocycles. The van der Waals surface area contributed by atoms with Crippen molar-refractivity contribution >= 4 is 23.9 Å². The molecule has 0 spiro atoms. The third-order valence-corrected chi connectivity index (χ3v) is 6.81. The van der Waals surface area contributed by atoms with Gasteiger partial charge in [0.15, 0.2) is 5.75 Å². The van der Waals surface area contributed by atoms with E-state index in [-0.39, 0.29) is 46.3 Å². The maximum absolute atomic E-state index is 13.0. The second-order valence-corrected chi connectivity index (χ2v) is 9.58. The quantitative estimate of drug-likeness (QED) is 0.0803. The number of carbonyl (C=O) groups is 4. The number of carboxylic acid groups (broad SMARTS) is 2. The van der Waals surface area contributed by atoms with E-state index < -0.39 is 34.9 Å². The van der Waals surface area contributed by atoms with Gasteiger partial charge in [0.25, 0.3) is 0 Å². The number of carboxylic acids is 2. The maximum Gasteiger partial charge on any atom is 0.344 e. The first-order valence-corrected chi connectivity index (χ1v) is 12.9. The highest BCUT2D eigenvalue weighted by Gasteiger charge is 2.38. The topological polar surface area (TPSA) is 186 Å². The highest BCUT2D eigenvalue weighted by atomic mass is 17.2. The van der Waals surface area contributed by atoms with Crippen LogP contribution in [0.5, 0.6) is 23.0 Å². The first-order chi connectivity index (χ1) is 20.9. The molecule has 0 saturated carbocycles. The summed E-state index contributed by atoms with van der Waals surface area (Å²) in [7, 11) is 1.24. The van der Waals surface area contributed by atoms with Crippen molar-refractivity contribution in [1.29, 1.82) is 0 Å². The number of methoxy groups -OCH3 is 1. The van der Waals surface area contributed by atoms with E-state index >= 15 is 0 Å². The molecule has 12 nitrogen and oxygen atoms in total. The van der Waals surface area contributed by atoms with Gasteiger partial charge in [-0.2, -0.15) is 4.89 Å². The van der Waals surface area contributed by atoms with Gasteiger partial charge in [-0.15, -0.1) is 0 Å². The molecule has 226 valence electrons. The number of ether oxygens (including phenoxy) is 2. The van der Waals surface area contributed by atoms with Crippen LogP contribution in [0.2, 0.25) is 0 Å². The van der Waals surface area contributed by atoms with Crippen LogP contribution < -0.4 is 9.62 Å². The van der Waals surface area contributed by atoms with Crippen molar-refractivity contribution in [2.24, 2.45) is 0 Å². The van der Waals surface area contributed by atoms with Crippen molar-refractivity contribution in [2.45, 2.75) is 18.9 Å². The zero-order valence-corrected chi connectivity index (χ0v) is 23.3. The standard InChI is InChI=1S/C32H26O12/c1-32(31(40)41-2,19-4-10-23(11-5-19)43-30(39)25-14-9-22(34)16-27(25)29(37)38)20-6-12-24(13-7-20)44-42-17-18-3-8-21(33)15-26(18)28(35)36/h3-16,33-34H,17H2,1-2H3,(H,35,36)(H,37,38). The lowest BCUT2D eigenvalue weighted by atomic mass is 9.76. The zero-order valence-electron chi connectivity index (χ0n) is 23.3. The summed E-state index contributed by atoms with van der Waals surface area (Å²) in [6.45, 7) is 1.42. The number of carbonyl (C=O) groups excluding carboxylic acids is 2. The van der Waals surface area contributed by atoms with E-state index in [1.807, 2.05) is 0 Å². The number of esters is 2. The lowest BCUT2D eigenvalue weighted by Gasteiger charge is -2.28. The van der Waals surface area contributed by atoms with E-state index in [2.05, 4.69) is 0 Å². The van der Waals surface area contributed by atoms with Gasteiger partial charge in [-0.25, -0.2) is 14.4 Å². The summed E-state index contributed by atoms with van der Waals surface area (Å²) in [5.74, 6) is -4.36. The molecule has 0 heterocycles. The molecule has 0 amide bonds. The third kappa shape index (κ3) is 6.61. The average molecular weight is 603 g/mol. The number of phenols is 2. The van der Waals surface area contributed by atoms with Crippen LogP contribution in [0.4, 0.5) is 0 Å². The lowest BCUT2D eigenvalue weighted by Crippen LogP contribution is -2.35. The number of aromatic hydroxyl groups is 2. The van der Waals surface area contributed by atoms with Gasteiger partial charge < -0.3 is 34.8 Å². The molecule has 0 saturated heterocycles. The Bertz CT molecular complexity index is 1710.